The second kappa shape index (κ2) is 8.15. The van der Waals surface area contributed by atoms with Crippen LogP contribution >= 0.6 is 0 Å². The SMILES string of the molecule is CCCC(NC(=O)CN1CCC(O)CC1)c1ccccc1. The highest BCUT2D eigenvalue weighted by atomic mass is 16.3. The summed E-state index contributed by atoms with van der Waals surface area (Å²) in [6.07, 6.45) is 3.33. The van der Waals surface area contributed by atoms with Gasteiger partial charge in [-0.15, -0.1) is 0 Å². The van der Waals surface area contributed by atoms with Crippen molar-refractivity contribution in [3.8, 4) is 0 Å². The molecule has 1 unspecified atom stereocenters. The van der Waals surface area contributed by atoms with Crippen molar-refractivity contribution in [2.45, 2.75) is 44.8 Å². The van der Waals surface area contributed by atoms with E-state index in [1.165, 1.54) is 5.56 Å². The van der Waals surface area contributed by atoms with Crippen LogP contribution in [0.3, 0.4) is 0 Å². The maximum atomic E-state index is 12.2. The Balaban J connectivity index is 1.86. The number of carbonyl (C=O) groups is 1. The molecule has 1 fully saturated rings. The monoisotopic (exact) mass is 290 g/mol. The molecule has 1 aliphatic heterocycles. The Morgan fingerprint density at radius 2 is 2.00 bits per heavy atom. The van der Waals surface area contributed by atoms with E-state index in [0.29, 0.717) is 6.54 Å². The molecule has 1 atom stereocenters. The lowest BCUT2D eigenvalue weighted by Gasteiger charge is -2.29. The summed E-state index contributed by atoms with van der Waals surface area (Å²) in [6, 6.07) is 10.2. The van der Waals surface area contributed by atoms with Gasteiger partial charge in [0, 0.05) is 13.1 Å². The minimum Gasteiger partial charge on any atom is -0.393 e. The maximum Gasteiger partial charge on any atom is 0.234 e. The average molecular weight is 290 g/mol. The topological polar surface area (TPSA) is 52.6 Å². The molecule has 4 nitrogen and oxygen atoms in total. The predicted octanol–water partition coefficient (Wildman–Crippen LogP) is 2.10. The Morgan fingerprint density at radius 3 is 2.62 bits per heavy atom. The third-order valence-corrected chi connectivity index (χ3v) is 4.04. The predicted molar refractivity (Wildman–Crippen MR) is 83.9 cm³/mol. The standard InChI is InChI=1S/C17H26N2O2/c1-2-6-16(14-7-4-3-5-8-14)18-17(21)13-19-11-9-15(20)10-12-19/h3-5,7-8,15-16,20H,2,6,9-13H2,1H3,(H,18,21). The van der Waals surface area contributed by atoms with Gasteiger partial charge in [0.1, 0.15) is 0 Å². The van der Waals surface area contributed by atoms with Gasteiger partial charge in [0.25, 0.3) is 0 Å². The number of aliphatic hydroxyl groups is 1. The summed E-state index contributed by atoms with van der Waals surface area (Å²) >= 11 is 0. The van der Waals surface area contributed by atoms with E-state index in [4.69, 9.17) is 0 Å². The molecule has 1 aromatic carbocycles. The van der Waals surface area contributed by atoms with Gasteiger partial charge >= 0.3 is 0 Å². The molecule has 0 aliphatic carbocycles. The molecule has 0 radical (unpaired) electrons. The minimum atomic E-state index is -0.193. The second-order valence-electron chi connectivity index (χ2n) is 5.83. The fourth-order valence-electron chi connectivity index (χ4n) is 2.82. The van der Waals surface area contributed by atoms with Crippen LogP contribution in [0.4, 0.5) is 0 Å². The quantitative estimate of drug-likeness (QED) is 0.843. The summed E-state index contributed by atoms with van der Waals surface area (Å²) in [6.45, 7) is 4.17. The molecular formula is C17H26N2O2. The van der Waals surface area contributed by atoms with E-state index in [2.05, 4.69) is 29.3 Å². The van der Waals surface area contributed by atoms with Gasteiger partial charge in [0.05, 0.1) is 18.7 Å². The van der Waals surface area contributed by atoms with Crippen LogP contribution < -0.4 is 5.32 Å². The largest absolute Gasteiger partial charge is 0.393 e. The smallest absolute Gasteiger partial charge is 0.234 e. The lowest BCUT2D eigenvalue weighted by molar-refractivity contribution is -0.123. The van der Waals surface area contributed by atoms with Gasteiger partial charge in [-0.2, -0.15) is 0 Å². The van der Waals surface area contributed by atoms with E-state index in [9.17, 15) is 9.90 Å². The molecule has 0 spiro atoms. The first-order valence-electron chi connectivity index (χ1n) is 7.93. The summed E-state index contributed by atoms with van der Waals surface area (Å²) in [5.41, 5.74) is 1.17. The number of amides is 1. The Bertz CT molecular complexity index is 428. The Labute approximate surface area is 127 Å². The first-order valence-corrected chi connectivity index (χ1v) is 7.93. The summed E-state index contributed by atoms with van der Waals surface area (Å²) in [5.74, 6) is 0.0775. The molecule has 2 rings (SSSR count). The van der Waals surface area contributed by atoms with Crippen LogP contribution in [0, 0.1) is 0 Å². The van der Waals surface area contributed by atoms with Crippen LogP contribution in [-0.4, -0.2) is 41.7 Å². The molecule has 0 aromatic heterocycles. The third kappa shape index (κ3) is 5.14. The van der Waals surface area contributed by atoms with E-state index in [1.807, 2.05) is 18.2 Å². The fraction of sp³-hybridized carbons (Fsp3) is 0.588. The van der Waals surface area contributed by atoms with E-state index in [-0.39, 0.29) is 18.1 Å². The normalized spacial score (nSPS) is 18.4. The van der Waals surface area contributed by atoms with Gasteiger partial charge in [-0.05, 0) is 24.8 Å². The van der Waals surface area contributed by atoms with Gasteiger partial charge in [0.15, 0.2) is 0 Å². The van der Waals surface area contributed by atoms with Crippen LogP contribution in [-0.2, 0) is 4.79 Å². The van der Waals surface area contributed by atoms with Gasteiger partial charge in [-0.3, -0.25) is 9.69 Å². The Hall–Kier alpha value is -1.39. The van der Waals surface area contributed by atoms with Crippen molar-refractivity contribution >= 4 is 5.91 Å². The fourth-order valence-corrected chi connectivity index (χ4v) is 2.82. The highest BCUT2D eigenvalue weighted by Crippen LogP contribution is 2.18. The van der Waals surface area contributed by atoms with Crippen molar-refractivity contribution in [3.05, 3.63) is 35.9 Å². The molecule has 2 N–H and O–H groups in total. The van der Waals surface area contributed by atoms with Crippen molar-refractivity contribution < 1.29 is 9.90 Å². The molecule has 0 bridgehead atoms. The molecule has 1 heterocycles. The third-order valence-electron chi connectivity index (χ3n) is 4.04. The lowest BCUT2D eigenvalue weighted by Crippen LogP contribution is -2.43. The number of carbonyl (C=O) groups excluding carboxylic acids is 1. The summed E-state index contributed by atoms with van der Waals surface area (Å²) in [4.78, 5) is 14.4. The molecule has 21 heavy (non-hydrogen) atoms. The molecule has 1 saturated heterocycles. The van der Waals surface area contributed by atoms with Gasteiger partial charge in [-0.25, -0.2) is 0 Å². The number of nitrogens with zero attached hydrogens (tertiary/aromatic N) is 1. The van der Waals surface area contributed by atoms with E-state index in [1.54, 1.807) is 0 Å². The average Bonchev–Trinajstić information content (AvgIpc) is 2.50. The number of nitrogens with one attached hydrogen (secondary N) is 1. The zero-order valence-electron chi connectivity index (χ0n) is 12.8. The highest BCUT2D eigenvalue weighted by molar-refractivity contribution is 5.78. The number of piperidine rings is 1. The zero-order valence-corrected chi connectivity index (χ0v) is 12.8. The van der Waals surface area contributed by atoms with E-state index < -0.39 is 0 Å². The first-order chi connectivity index (χ1) is 10.2. The number of hydrogen-bond donors (Lipinski definition) is 2. The molecule has 1 aromatic rings. The van der Waals surface area contributed by atoms with Crippen molar-refractivity contribution in [1.82, 2.24) is 10.2 Å². The molecule has 0 saturated carbocycles. The number of aliphatic hydroxyl groups excluding tert-OH is 1. The summed E-state index contributed by atoms with van der Waals surface area (Å²) < 4.78 is 0. The van der Waals surface area contributed by atoms with Crippen LogP contribution in [0.25, 0.3) is 0 Å². The van der Waals surface area contributed by atoms with Crippen molar-refractivity contribution in [1.29, 1.82) is 0 Å². The van der Waals surface area contributed by atoms with Gasteiger partial charge < -0.3 is 10.4 Å². The van der Waals surface area contributed by atoms with E-state index in [0.717, 1.165) is 38.8 Å². The zero-order chi connectivity index (χ0) is 15.1. The van der Waals surface area contributed by atoms with Crippen LogP contribution in [0.2, 0.25) is 0 Å². The van der Waals surface area contributed by atoms with Crippen LogP contribution in [0.15, 0.2) is 30.3 Å². The van der Waals surface area contributed by atoms with Gasteiger partial charge in [-0.1, -0.05) is 43.7 Å². The summed E-state index contributed by atoms with van der Waals surface area (Å²) in [7, 11) is 0. The maximum absolute atomic E-state index is 12.2. The van der Waals surface area contributed by atoms with E-state index >= 15 is 0 Å². The molecule has 116 valence electrons. The van der Waals surface area contributed by atoms with Gasteiger partial charge in [0.2, 0.25) is 5.91 Å². The number of hydrogen-bond acceptors (Lipinski definition) is 3. The molecule has 1 amide bonds. The second-order valence-corrected chi connectivity index (χ2v) is 5.83. The molecule has 4 heteroatoms. The van der Waals surface area contributed by atoms with Crippen LogP contribution in [0.5, 0.6) is 0 Å². The Morgan fingerprint density at radius 1 is 1.33 bits per heavy atom. The van der Waals surface area contributed by atoms with Crippen molar-refractivity contribution in [3.63, 3.8) is 0 Å². The number of likely N-dealkylation sites (tertiary alicyclic amines) is 1. The van der Waals surface area contributed by atoms with Crippen molar-refractivity contribution in [2.75, 3.05) is 19.6 Å². The summed E-state index contributed by atoms with van der Waals surface area (Å²) in [5, 5.41) is 12.6. The van der Waals surface area contributed by atoms with Crippen molar-refractivity contribution in [2.24, 2.45) is 0 Å². The highest BCUT2D eigenvalue weighted by Gasteiger charge is 2.20. The first kappa shape index (κ1) is 16.0. The minimum absolute atomic E-state index is 0.0775. The number of rotatable bonds is 6. The number of benzene rings is 1. The molecule has 1 aliphatic rings. The lowest BCUT2D eigenvalue weighted by atomic mass is 10.0. The molecular weight excluding hydrogens is 264 g/mol. The Kier molecular flexibility index (Phi) is 6.21. The van der Waals surface area contributed by atoms with Crippen LogP contribution in [0.1, 0.15) is 44.2 Å².